The zero-order chi connectivity index (χ0) is 13.8. The third-order valence-electron chi connectivity index (χ3n) is 4.81. The van der Waals surface area contributed by atoms with E-state index in [9.17, 15) is 0 Å². The molecule has 2 fully saturated rings. The first-order valence-electron chi connectivity index (χ1n) is 8.38. The molecule has 1 N–H and O–H groups in total. The van der Waals surface area contributed by atoms with Gasteiger partial charge in [-0.3, -0.25) is 0 Å². The van der Waals surface area contributed by atoms with Crippen molar-refractivity contribution in [3.05, 3.63) is 0 Å². The highest BCUT2D eigenvalue weighted by atomic mass is 16.5. The van der Waals surface area contributed by atoms with Gasteiger partial charge in [0.25, 0.3) is 0 Å². The van der Waals surface area contributed by atoms with Crippen LogP contribution in [0.2, 0.25) is 0 Å². The molecule has 2 aliphatic carbocycles. The van der Waals surface area contributed by atoms with Crippen molar-refractivity contribution in [1.29, 1.82) is 0 Å². The molecule has 2 saturated carbocycles. The summed E-state index contributed by atoms with van der Waals surface area (Å²) in [6.07, 6.45) is 12.2. The number of hydrogen-bond acceptors (Lipinski definition) is 2. The first kappa shape index (κ1) is 15.3. The van der Waals surface area contributed by atoms with Crippen LogP contribution in [0.5, 0.6) is 0 Å². The second-order valence-corrected chi connectivity index (χ2v) is 7.81. The first-order chi connectivity index (χ1) is 8.99. The molecule has 0 unspecified atom stereocenters. The lowest BCUT2D eigenvalue weighted by molar-refractivity contribution is -0.0835. The summed E-state index contributed by atoms with van der Waals surface area (Å²) in [5.74, 6) is 0.841. The van der Waals surface area contributed by atoms with Crippen LogP contribution < -0.4 is 5.32 Å². The zero-order valence-corrected chi connectivity index (χ0v) is 13.3. The van der Waals surface area contributed by atoms with Crippen molar-refractivity contribution in [2.75, 3.05) is 13.2 Å². The van der Waals surface area contributed by atoms with Gasteiger partial charge in [0, 0.05) is 12.1 Å². The summed E-state index contributed by atoms with van der Waals surface area (Å²) in [5.41, 5.74) is 0.329. The van der Waals surface area contributed by atoms with Crippen LogP contribution in [-0.4, -0.2) is 24.3 Å². The summed E-state index contributed by atoms with van der Waals surface area (Å²) < 4.78 is 6.49. The maximum Gasteiger partial charge on any atom is 0.0806 e. The number of ether oxygens (including phenoxy) is 1. The fourth-order valence-electron chi connectivity index (χ4n) is 3.47. The van der Waals surface area contributed by atoms with E-state index in [2.05, 4.69) is 26.1 Å². The Kier molecular flexibility index (Phi) is 5.30. The van der Waals surface area contributed by atoms with Gasteiger partial charge in [-0.15, -0.1) is 0 Å². The molecule has 0 atom stereocenters. The third-order valence-corrected chi connectivity index (χ3v) is 4.81. The normalized spacial score (nSPS) is 24.8. The Morgan fingerprint density at radius 2 is 1.63 bits per heavy atom. The van der Waals surface area contributed by atoms with Gasteiger partial charge < -0.3 is 10.1 Å². The maximum absolute atomic E-state index is 6.49. The molecular formula is C17H33NO. The lowest BCUT2D eigenvalue weighted by Gasteiger charge is -2.40. The Hall–Kier alpha value is -0.0800. The number of nitrogens with one attached hydrogen (secondary N) is 1. The maximum atomic E-state index is 6.49. The minimum Gasteiger partial charge on any atom is -0.373 e. The molecule has 0 aromatic heterocycles. The number of rotatable bonds is 5. The van der Waals surface area contributed by atoms with Gasteiger partial charge >= 0.3 is 0 Å². The fourth-order valence-corrected chi connectivity index (χ4v) is 3.47. The first-order valence-corrected chi connectivity index (χ1v) is 8.38. The van der Waals surface area contributed by atoms with Crippen molar-refractivity contribution in [1.82, 2.24) is 5.32 Å². The van der Waals surface area contributed by atoms with Crippen molar-refractivity contribution in [3.63, 3.8) is 0 Å². The third kappa shape index (κ3) is 5.07. The molecule has 0 saturated heterocycles. The van der Waals surface area contributed by atoms with Crippen molar-refractivity contribution < 1.29 is 4.74 Å². The van der Waals surface area contributed by atoms with Gasteiger partial charge in [0.1, 0.15) is 0 Å². The van der Waals surface area contributed by atoms with Crippen LogP contribution >= 0.6 is 0 Å². The van der Waals surface area contributed by atoms with E-state index < -0.39 is 0 Å². The van der Waals surface area contributed by atoms with Gasteiger partial charge in [-0.1, -0.05) is 32.1 Å². The molecule has 2 nitrogen and oxygen atoms in total. The molecule has 0 radical (unpaired) electrons. The van der Waals surface area contributed by atoms with E-state index in [4.69, 9.17) is 4.74 Å². The molecule has 2 rings (SSSR count). The van der Waals surface area contributed by atoms with E-state index in [0.717, 1.165) is 19.1 Å². The average Bonchev–Trinajstić information content (AvgIpc) is 2.88. The summed E-state index contributed by atoms with van der Waals surface area (Å²) >= 11 is 0. The molecule has 0 aromatic carbocycles. The van der Waals surface area contributed by atoms with Crippen LogP contribution in [0.4, 0.5) is 0 Å². The zero-order valence-electron chi connectivity index (χ0n) is 13.3. The molecule has 2 heteroatoms. The Balaban J connectivity index is 1.85. The second-order valence-electron chi connectivity index (χ2n) is 7.81. The van der Waals surface area contributed by atoms with E-state index in [1.54, 1.807) is 0 Å². The molecular weight excluding hydrogens is 234 g/mol. The van der Waals surface area contributed by atoms with Crippen LogP contribution in [0.25, 0.3) is 0 Å². The summed E-state index contributed by atoms with van der Waals surface area (Å²) in [4.78, 5) is 0. The van der Waals surface area contributed by atoms with E-state index >= 15 is 0 Å². The highest BCUT2D eigenvalue weighted by Crippen LogP contribution is 2.34. The van der Waals surface area contributed by atoms with Crippen molar-refractivity contribution in [2.45, 2.75) is 89.7 Å². The fraction of sp³-hybridized carbons (Fsp3) is 1.00. The van der Waals surface area contributed by atoms with E-state index in [0.29, 0.717) is 0 Å². The average molecular weight is 267 g/mol. The van der Waals surface area contributed by atoms with Crippen LogP contribution in [-0.2, 0) is 4.74 Å². The molecule has 0 bridgehead atoms. The largest absolute Gasteiger partial charge is 0.373 e. The van der Waals surface area contributed by atoms with Crippen LogP contribution in [0.3, 0.4) is 0 Å². The van der Waals surface area contributed by atoms with Gasteiger partial charge in [0.05, 0.1) is 12.2 Å². The smallest absolute Gasteiger partial charge is 0.0806 e. The lowest BCUT2D eigenvalue weighted by atomic mass is 9.83. The van der Waals surface area contributed by atoms with Crippen molar-refractivity contribution >= 4 is 0 Å². The van der Waals surface area contributed by atoms with Crippen molar-refractivity contribution in [2.24, 2.45) is 5.92 Å². The molecule has 19 heavy (non-hydrogen) atoms. The van der Waals surface area contributed by atoms with Crippen LogP contribution in [0.1, 0.15) is 78.6 Å². The Labute approximate surface area is 119 Å². The Morgan fingerprint density at radius 1 is 1.00 bits per heavy atom. The monoisotopic (exact) mass is 267 g/mol. The summed E-state index contributed by atoms with van der Waals surface area (Å²) in [5, 5.41) is 3.68. The summed E-state index contributed by atoms with van der Waals surface area (Å²) in [7, 11) is 0. The highest BCUT2D eigenvalue weighted by Gasteiger charge is 2.34. The second kappa shape index (κ2) is 6.58. The summed E-state index contributed by atoms with van der Waals surface area (Å²) in [6.45, 7) is 8.79. The van der Waals surface area contributed by atoms with Gasteiger partial charge in [0.2, 0.25) is 0 Å². The van der Waals surface area contributed by atoms with E-state index in [-0.39, 0.29) is 11.1 Å². The molecule has 0 aliphatic heterocycles. The van der Waals surface area contributed by atoms with Crippen molar-refractivity contribution in [3.8, 4) is 0 Å². The molecule has 0 aromatic rings. The van der Waals surface area contributed by atoms with Gasteiger partial charge in [0.15, 0.2) is 0 Å². The van der Waals surface area contributed by atoms with Gasteiger partial charge in [-0.05, 0) is 52.4 Å². The van der Waals surface area contributed by atoms with Gasteiger partial charge in [-0.25, -0.2) is 0 Å². The predicted molar refractivity (Wildman–Crippen MR) is 81.5 cm³/mol. The van der Waals surface area contributed by atoms with Crippen LogP contribution in [0, 0.1) is 5.92 Å². The number of hydrogen-bond donors (Lipinski definition) is 1. The van der Waals surface area contributed by atoms with E-state index in [1.165, 1.54) is 57.8 Å². The molecule has 112 valence electrons. The molecule has 0 amide bonds. The quantitative estimate of drug-likeness (QED) is 0.802. The lowest BCUT2D eigenvalue weighted by Crippen LogP contribution is -2.50. The SMILES string of the molecule is CC(C)(C)NCC1(OCC2CCCC2)CCCCC1. The summed E-state index contributed by atoms with van der Waals surface area (Å²) in [6, 6.07) is 0. The Bertz CT molecular complexity index is 257. The minimum absolute atomic E-state index is 0.133. The minimum atomic E-state index is 0.133. The van der Waals surface area contributed by atoms with Crippen LogP contribution in [0.15, 0.2) is 0 Å². The van der Waals surface area contributed by atoms with Gasteiger partial charge in [-0.2, -0.15) is 0 Å². The molecule has 0 spiro atoms. The highest BCUT2D eigenvalue weighted by molar-refractivity contribution is 4.89. The standard InChI is InChI=1S/C17H33NO/c1-16(2,3)18-14-17(11-7-4-8-12-17)19-13-15-9-5-6-10-15/h15,18H,4-14H2,1-3H3. The molecule has 0 heterocycles. The Morgan fingerprint density at radius 3 is 2.21 bits per heavy atom. The predicted octanol–water partition coefficient (Wildman–Crippen LogP) is 4.28. The molecule has 2 aliphatic rings. The van der Waals surface area contributed by atoms with E-state index in [1.807, 2.05) is 0 Å². The topological polar surface area (TPSA) is 21.3 Å².